The zero-order chi connectivity index (χ0) is 26.2. The zero-order valence-electron chi connectivity index (χ0n) is 19.9. The lowest BCUT2D eigenvalue weighted by atomic mass is 10.1. The third kappa shape index (κ3) is 6.60. The van der Waals surface area contributed by atoms with Crippen LogP contribution in [0.2, 0.25) is 0 Å². The molecule has 8 heteroatoms. The fourth-order valence-corrected chi connectivity index (χ4v) is 11.6. The van der Waals surface area contributed by atoms with Crippen molar-refractivity contribution in [2.75, 3.05) is 12.5 Å². The maximum Gasteiger partial charge on any atom is 0.673 e. The summed E-state index contributed by atoms with van der Waals surface area (Å²) in [6, 6.07) is 41.5. The molecule has 4 aromatic carbocycles. The number of hydrogen-bond acceptors (Lipinski definition) is 1. The van der Waals surface area contributed by atoms with E-state index in [1.807, 2.05) is 48.5 Å². The molecule has 0 atom stereocenters. The van der Waals surface area contributed by atoms with E-state index in [1.54, 1.807) is 0 Å². The first-order valence-electron chi connectivity index (χ1n) is 11.1. The lowest BCUT2D eigenvalue weighted by Gasteiger charge is -2.29. The highest BCUT2D eigenvalue weighted by molar-refractivity contribution is 8.24. The number of ketones is 1. The Morgan fingerprint density at radius 2 is 0.861 bits per heavy atom. The summed E-state index contributed by atoms with van der Waals surface area (Å²) in [5, 5.41) is 3.65. The van der Waals surface area contributed by atoms with E-state index in [2.05, 4.69) is 85.3 Å². The second-order valence-corrected chi connectivity index (χ2v) is 13.7. The van der Waals surface area contributed by atoms with Crippen molar-refractivity contribution >= 4 is 51.4 Å². The van der Waals surface area contributed by atoms with Crippen LogP contribution in [0.5, 0.6) is 0 Å². The Kier molecular flexibility index (Phi) is 9.41. The highest BCUT2D eigenvalue weighted by Crippen LogP contribution is 2.47. The largest absolute Gasteiger partial charge is 0.673 e. The van der Waals surface area contributed by atoms with E-state index >= 15 is 0 Å². The predicted molar refractivity (Wildman–Crippen MR) is 150 cm³/mol. The molecule has 0 heterocycles. The van der Waals surface area contributed by atoms with Gasteiger partial charge in [0.1, 0.15) is 12.5 Å². The van der Waals surface area contributed by atoms with Crippen molar-refractivity contribution in [1.82, 2.24) is 0 Å². The summed E-state index contributed by atoms with van der Waals surface area (Å²) in [6.45, 7) is -2.36. The fourth-order valence-electron chi connectivity index (χ4n) is 4.08. The first-order chi connectivity index (χ1) is 17.2. The number of carbonyl (C=O) groups excluding carboxylic acids is 1. The monoisotopic (exact) mass is 528 g/mol. The highest BCUT2D eigenvalue weighted by Gasteiger charge is 2.40. The minimum atomic E-state index is -6.00. The summed E-state index contributed by atoms with van der Waals surface area (Å²) in [6.07, 6.45) is 4.36. The summed E-state index contributed by atoms with van der Waals surface area (Å²) in [5.41, 5.74) is 0.755. The average molecular weight is 528 g/mol. The number of halogens is 4. The number of hydrogen-bond donors (Lipinski definition) is 0. The molecular weight excluding hydrogens is 502 g/mol. The van der Waals surface area contributed by atoms with Gasteiger partial charge in [0.25, 0.3) is 0 Å². The van der Waals surface area contributed by atoms with Crippen molar-refractivity contribution in [3.63, 3.8) is 0 Å². The van der Waals surface area contributed by atoms with Crippen LogP contribution in [0.15, 0.2) is 121 Å². The van der Waals surface area contributed by atoms with Gasteiger partial charge in [-0.15, -0.1) is 0 Å². The first-order valence-corrected chi connectivity index (χ1v) is 15.0. The third-order valence-corrected chi connectivity index (χ3v) is 12.3. The van der Waals surface area contributed by atoms with Gasteiger partial charge >= 0.3 is 7.25 Å². The van der Waals surface area contributed by atoms with Crippen LogP contribution in [0.4, 0.5) is 17.3 Å². The Morgan fingerprint density at radius 3 is 1.14 bits per heavy atom. The van der Waals surface area contributed by atoms with Gasteiger partial charge in [0.15, 0.2) is 0 Å². The minimum Gasteiger partial charge on any atom is -0.418 e. The molecule has 4 aromatic rings. The van der Waals surface area contributed by atoms with Crippen molar-refractivity contribution in [3.05, 3.63) is 127 Å². The molecular formula is C28H26BF4OPS. The van der Waals surface area contributed by atoms with Gasteiger partial charge in [-0.05, 0) is 15.9 Å². The van der Waals surface area contributed by atoms with E-state index in [9.17, 15) is 22.1 Å². The van der Waals surface area contributed by atoms with Crippen LogP contribution in [-0.2, 0) is 10.9 Å². The second kappa shape index (κ2) is 12.3. The van der Waals surface area contributed by atoms with Crippen molar-refractivity contribution in [2.45, 2.75) is 0 Å². The molecule has 0 amide bonds. The highest BCUT2D eigenvalue weighted by atomic mass is 32.2. The maximum absolute atomic E-state index is 14.2. The normalized spacial score (nSPS) is 11.4. The Balaban J connectivity index is 0.000000658. The van der Waals surface area contributed by atoms with Gasteiger partial charge < -0.3 is 17.3 Å². The number of rotatable bonds is 6. The molecule has 0 fully saturated rings. The van der Waals surface area contributed by atoms with Crippen LogP contribution in [0.25, 0.3) is 0 Å². The van der Waals surface area contributed by atoms with Gasteiger partial charge in [-0.2, -0.15) is 0 Å². The quantitative estimate of drug-likeness (QED) is 0.0962. The van der Waals surface area contributed by atoms with Gasteiger partial charge in [0.2, 0.25) is 10.4 Å². The Morgan fingerprint density at radius 1 is 0.583 bits per heavy atom. The van der Waals surface area contributed by atoms with E-state index in [-0.39, 0.29) is 16.7 Å². The number of benzene rings is 4. The molecule has 0 aromatic heterocycles. The van der Waals surface area contributed by atoms with Crippen molar-refractivity contribution in [3.8, 4) is 0 Å². The lowest BCUT2D eigenvalue weighted by Crippen LogP contribution is -2.37. The summed E-state index contributed by atoms with van der Waals surface area (Å²) >= 11 is 0. The van der Waals surface area contributed by atoms with Crippen LogP contribution in [0, 0.1) is 0 Å². The van der Waals surface area contributed by atoms with Crippen molar-refractivity contribution in [1.29, 1.82) is 0 Å². The van der Waals surface area contributed by atoms with Crippen molar-refractivity contribution in [2.24, 2.45) is 0 Å². The fraction of sp³-hybridized carbons (Fsp3) is 0.0714. The van der Waals surface area contributed by atoms with Gasteiger partial charge in [-0.3, -0.25) is 4.79 Å². The summed E-state index contributed by atoms with van der Waals surface area (Å²) in [5.74, 6) is 0.152. The van der Waals surface area contributed by atoms with E-state index in [1.165, 1.54) is 15.9 Å². The van der Waals surface area contributed by atoms with Gasteiger partial charge in [0.05, 0.1) is 0 Å². The molecule has 0 radical (unpaired) electrons. The van der Waals surface area contributed by atoms with E-state index in [4.69, 9.17) is 0 Å². The molecule has 0 aliphatic rings. The Hall–Kier alpha value is -3.02. The third-order valence-electron chi connectivity index (χ3n) is 5.35. The molecule has 0 spiro atoms. The molecule has 36 heavy (non-hydrogen) atoms. The van der Waals surface area contributed by atoms with Gasteiger partial charge in [-0.1, -0.05) is 121 Å². The molecule has 186 valence electrons. The van der Waals surface area contributed by atoms with Gasteiger partial charge in [-0.25, -0.2) is 0 Å². The van der Waals surface area contributed by atoms with E-state index in [0.717, 1.165) is 10.2 Å². The molecule has 0 saturated carbocycles. The molecule has 0 aliphatic carbocycles. The molecule has 1 nitrogen and oxygen atoms in total. The summed E-state index contributed by atoms with van der Waals surface area (Å²) < 4.78 is 40.0. The van der Waals surface area contributed by atoms with Crippen LogP contribution < -0.4 is 15.9 Å². The molecule has 4 rings (SSSR count). The zero-order valence-corrected chi connectivity index (χ0v) is 21.6. The first kappa shape index (κ1) is 27.6. The summed E-state index contributed by atoms with van der Waals surface area (Å²) in [4.78, 5) is 14.2. The van der Waals surface area contributed by atoms with Crippen LogP contribution in [0.3, 0.4) is 0 Å². The molecule has 0 bridgehead atoms. The maximum atomic E-state index is 14.2. The van der Waals surface area contributed by atoms with Crippen molar-refractivity contribution < 1.29 is 22.1 Å². The average Bonchev–Trinajstić information content (AvgIpc) is 2.88. The van der Waals surface area contributed by atoms with E-state index in [0.29, 0.717) is 0 Å². The van der Waals surface area contributed by atoms with Crippen LogP contribution >= 0.6 is 6.89 Å². The SMILES string of the molecule is C[S+](C)C(C(=O)c1ccccc1)=P(c1ccccc1)(c1ccccc1)c1ccccc1.F[B-](F)(F)F. The smallest absolute Gasteiger partial charge is 0.418 e. The number of Topliss-reactive ketones (excluding diaryl/α,β-unsaturated/α-hetero) is 1. The van der Waals surface area contributed by atoms with Crippen LogP contribution in [-0.4, -0.2) is 30.2 Å². The topological polar surface area (TPSA) is 17.1 Å². The molecule has 0 unspecified atom stereocenters. The molecule has 0 saturated heterocycles. The lowest BCUT2D eigenvalue weighted by molar-refractivity contribution is 0.107. The molecule has 0 N–H and O–H groups in total. The van der Waals surface area contributed by atoms with E-state index < -0.39 is 14.1 Å². The van der Waals surface area contributed by atoms with Gasteiger partial charge in [0, 0.05) is 23.3 Å². The second-order valence-electron chi connectivity index (χ2n) is 7.99. The predicted octanol–water partition coefficient (Wildman–Crippen LogP) is 6.17. The minimum absolute atomic E-state index is 0.152. The van der Waals surface area contributed by atoms with Crippen LogP contribution in [0.1, 0.15) is 10.4 Å². The summed E-state index contributed by atoms with van der Waals surface area (Å²) in [7, 11) is -6.24. The number of carbonyl (C=O) groups is 1. The standard InChI is InChI=1S/C28H26OPS.BF4/c1-31(2)28(27(29)23-15-7-3-8-16-23)30(24-17-9-4-10-18-24,25-19-11-5-12-20-25)26-21-13-6-14-22-26;2-1(3,4)5/h3-22H,1-2H3;/q+1;-1. The Bertz CT molecular complexity index is 1200. The molecule has 0 aliphatic heterocycles. The Labute approximate surface area is 212 Å².